The Labute approximate surface area is 115 Å². The van der Waals surface area contributed by atoms with Crippen LogP contribution < -0.4 is 9.47 Å². The normalized spacial score (nSPS) is 10.9. The lowest BCUT2D eigenvalue weighted by atomic mass is 10.1. The summed E-state index contributed by atoms with van der Waals surface area (Å²) in [6.07, 6.45) is 0. The summed E-state index contributed by atoms with van der Waals surface area (Å²) in [5.74, 6) is 2.05. The van der Waals surface area contributed by atoms with Gasteiger partial charge in [-0.3, -0.25) is 4.79 Å². The van der Waals surface area contributed by atoms with Crippen molar-refractivity contribution in [3.8, 4) is 11.5 Å². The third-order valence-corrected chi connectivity index (χ3v) is 2.49. The number of carbonyl (C=O) groups is 1. The maximum atomic E-state index is 11.7. The lowest BCUT2D eigenvalue weighted by Gasteiger charge is -2.17. The van der Waals surface area contributed by atoms with Crippen LogP contribution in [-0.2, 0) is 0 Å². The van der Waals surface area contributed by atoms with Gasteiger partial charge in [0.25, 0.3) is 0 Å². The van der Waals surface area contributed by atoms with Gasteiger partial charge in [-0.15, -0.1) is 0 Å². The average molecular weight is 264 g/mol. The van der Waals surface area contributed by atoms with E-state index in [2.05, 4.69) is 27.7 Å². The molecule has 0 radical (unpaired) electrons. The molecular formula is C16H24O3. The van der Waals surface area contributed by atoms with E-state index in [0.29, 0.717) is 42.1 Å². The van der Waals surface area contributed by atoms with E-state index in [-0.39, 0.29) is 5.78 Å². The van der Waals surface area contributed by atoms with E-state index in [1.807, 2.05) is 12.1 Å². The quantitative estimate of drug-likeness (QED) is 0.699. The molecule has 19 heavy (non-hydrogen) atoms. The summed E-state index contributed by atoms with van der Waals surface area (Å²) in [7, 11) is 0. The van der Waals surface area contributed by atoms with Crippen molar-refractivity contribution >= 4 is 5.78 Å². The molecule has 0 heterocycles. The van der Waals surface area contributed by atoms with Gasteiger partial charge in [-0.1, -0.05) is 33.8 Å². The fraction of sp³-hybridized carbons (Fsp3) is 0.562. The molecule has 0 aromatic heterocycles. The minimum absolute atomic E-state index is 0.00578. The molecule has 0 bridgehead atoms. The van der Waals surface area contributed by atoms with Gasteiger partial charge >= 0.3 is 0 Å². The van der Waals surface area contributed by atoms with Crippen LogP contribution in [0.1, 0.15) is 45.0 Å². The van der Waals surface area contributed by atoms with Gasteiger partial charge in [0.2, 0.25) is 0 Å². The molecule has 0 spiro atoms. The van der Waals surface area contributed by atoms with E-state index in [0.717, 1.165) is 0 Å². The number of carbonyl (C=O) groups excluding carboxylic acids is 1. The highest BCUT2D eigenvalue weighted by atomic mass is 16.5. The van der Waals surface area contributed by atoms with E-state index in [4.69, 9.17) is 9.47 Å². The fourth-order valence-electron chi connectivity index (χ4n) is 1.56. The summed E-state index contributed by atoms with van der Waals surface area (Å²) >= 11 is 0. The first-order chi connectivity index (χ1) is 8.91. The SMILES string of the molecule is CC(=O)c1cccc(OCC(C)C)c1OCC(C)C. The molecule has 0 fully saturated rings. The van der Waals surface area contributed by atoms with Crippen LogP contribution in [0.5, 0.6) is 11.5 Å². The van der Waals surface area contributed by atoms with Crippen molar-refractivity contribution in [2.45, 2.75) is 34.6 Å². The third-order valence-electron chi connectivity index (χ3n) is 2.49. The minimum Gasteiger partial charge on any atom is -0.489 e. The van der Waals surface area contributed by atoms with Gasteiger partial charge in [0.15, 0.2) is 17.3 Å². The van der Waals surface area contributed by atoms with E-state index in [1.54, 1.807) is 13.0 Å². The summed E-state index contributed by atoms with van der Waals surface area (Å²) in [6.45, 7) is 11.1. The van der Waals surface area contributed by atoms with Crippen LogP contribution in [0, 0.1) is 11.8 Å². The summed E-state index contributed by atoms with van der Waals surface area (Å²) in [5, 5.41) is 0. The Morgan fingerprint density at radius 1 is 1.05 bits per heavy atom. The number of para-hydroxylation sites is 1. The lowest BCUT2D eigenvalue weighted by Crippen LogP contribution is -2.11. The van der Waals surface area contributed by atoms with E-state index < -0.39 is 0 Å². The molecule has 3 heteroatoms. The molecule has 0 aliphatic heterocycles. The van der Waals surface area contributed by atoms with Crippen LogP contribution in [-0.4, -0.2) is 19.0 Å². The minimum atomic E-state index is -0.00578. The molecule has 0 aliphatic rings. The van der Waals surface area contributed by atoms with Crippen molar-refractivity contribution in [3.63, 3.8) is 0 Å². The zero-order valence-corrected chi connectivity index (χ0v) is 12.5. The van der Waals surface area contributed by atoms with Crippen LogP contribution in [0.2, 0.25) is 0 Å². The number of benzene rings is 1. The number of hydrogen-bond acceptors (Lipinski definition) is 3. The Morgan fingerprint density at radius 3 is 2.16 bits per heavy atom. The van der Waals surface area contributed by atoms with E-state index >= 15 is 0 Å². The second kappa shape index (κ2) is 7.17. The van der Waals surface area contributed by atoms with Crippen molar-refractivity contribution in [3.05, 3.63) is 23.8 Å². The number of ether oxygens (including phenoxy) is 2. The first-order valence-electron chi connectivity index (χ1n) is 6.81. The molecule has 1 aromatic rings. The molecule has 0 saturated carbocycles. The Bertz CT molecular complexity index is 422. The van der Waals surface area contributed by atoms with Crippen molar-refractivity contribution in [2.24, 2.45) is 11.8 Å². The largest absolute Gasteiger partial charge is 0.489 e. The van der Waals surface area contributed by atoms with Crippen molar-refractivity contribution in [2.75, 3.05) is 13.2 Å². The zero-order valence-electron chi connectivity index (χ0n) is 12.5. The van der Waals surface area contributed by atoms with Gasteiger partial charge in [-0.25, -0.2) is 0 Å². The standard InChI is InChI=1S/C16H24O3/c1-11(2)9-18-15-8-6-7-14(13(5)17)16(15)19-10-12(3)4/h6-8,11-12H,9-10H2,1-5H3. The molecule has 0 amide bonds. The summed E-state index contributed by atoms with van der Waals surface area (Å²) in [5.41, 5.74) is 0.585. The monoisotopic (exact) mass is 264 g/mol. The summed E-state index contributed by atoms with van der Waals surface area (Å²) < 4.78 is 11.5. The highest BCUT2D eigenvalue weighted by Gasteiger charge is 2.15. The molecule has 106 valence electrons. The van der Waals surface area contributed by atoms with Crippen LogP contribution in [0.4, 0.5) is 0 Å². The average Bonchev–Trinajstić information content (AvgIpc) is 2.33. The summed E-state index contributed by atoms with van der Waals surface area (Å²) in [6, 6.07) is 5.46. The van der Waals surface area contributed by atoms with Crippen molar-refractivity contribution in [1.29, 1.82) is 0 Å². The maximum absolute atomic E-state index is 11.7. The smallest absolute Gasteiger partial charge is 0.171 e. The topological polar surface area (TPSA) is 35.5 Å². The summed E-state index contributed by atoms with van der Waals surface area (Å²) in [4.78, 5) is 11.7. The number of ketones is 1. The lowest BCUT2D eigenvalue weighted by molar-refractivity contribution is 0.101. The predicted octanol–water partition coefficient (Wildman–Crippen LogP) is 3.96. The van der Waals surface area contributed by atoms with Crippen molar-refractivity contribution < 1.29 is 14.3 Å². The highest BCUT2D eigenvalue weighted by Crippen LogP contribution is 2.32. The zero-order chi connectivity index (χ0) is 14.4. The van der Waals surface area contributed by atoms with Crippen LogP contribution in [0.25, 0.3) is 0 Å². The Hall–Kier alpha value is -1.51. The van der Waals surface area contributed by atoms with Crippen LogP contribution in [0.3, 0.4) is 0 Å². The third kappa shape index (κ3) is 4.93. The van der Waals surface area contributed by atoms with Gasteiger partial charge < -0.3 is 9.47 Å². The molecule has 1 aromatic carbocycles. The second-order valence-electron chi connectivity index (χ2n) is 5.60. The van der Waals surface area contributed by atoms with Gasteiger partial charge in [0, 0.05) is 0 Å². The van der Waals surface area contributed by atoms with Gasteiger partial charge in [0.1, 0.15) is 0 Å². The maximum Gasteiger partial charge on any atom is 0.171 e. The molecular weight excluding hydrogens is 240 g/mol. The molecule has 0 saturated heterocycles. The molecule has 0 atom stereocenters. The van der Waals surface area contributed by atoms with E-state index in [1.165, 1.54) is 0 Å². The molecule has 0 N–H and O–H groups in total. The van der Waals surface area contributed by atoms with Gasteiger partial charge in [-0.05, 0) is 30.9 Å². The first kappa shape index (κ1) is 15.5. The van der Waals surface area contributed by atoms with Gasteiger partial charge in [-0.2, -0.15) is 0 Å². The molecule has 0 unspecified atom stereocenters. The molecule has 3 nitrogen and oxygen atoms in total. The highest BCUT2D eigenvalue weighted by molar-refractivity contribution is 5.97. The Morgan fingerprint density at radius 2 is 1.63 bits per heavy atom. The van der Waals surface area contributed by atoms with E-state index in [9.17, 15) is 4.79 Å². The Balaban J connectivity index is 2.99. The second-order valence-corrected chi connectivity index (χ2v) is 5.60. The molecule has 0 aliphatic carbocycles. The molecule has 1 rings (SSSR count). The predicted molar refractivity (Wildman–Crippen MR) is 77.1 cm³/mol. The Kier molecular flexibility index (Phi) is 5.87. The van der Waals surface area contributed by atoms with Crippen LogP contribution >= 0.6 is 0 Å². The number of Topliss-reactive ketones (excluding diaryl/α,β-unsaturated/α-hetero) is 1. The fourth-order valence-corrected chi connectivity index (χ4v) is 1.56. The number of rotatable bonds is 7. The van der Waals surface area contributed by atoms with Crippen LogP contribution in [0.15, 0.2) is 18.2 Å². The number of hydrogen-bond donors (Lipinski definition) is 0. The van der Waals surface area contributed by atoms with Gasteiger partial charge in [0.05, 0.1) is 18.8 Å². The van der Waals surface area contributed by atoms with Crippen molar-refractivity contribution in [1.82, 2.24) is 0 Å². The first-order valence-corrected chi connectivity index (χ1v) is 6.81.